The van der Waals surface area contributed by atoms with Crippen LogP contribution in [-0.4, -0.2) is 74.9 Å². The van der Waals surface area contributed by atoms with E-state index < -0.39 is 17.2 Å². The molecule has 1 unspecified atom stereocenters. The van der Waals surface area contributed by atoms with E-state index >= 15 is 0 Å². The maximum absolute atomic E-state index is 14.7. The highest BCUT2D eigenvalue weighted by molar-refractivity contribution is 6.31. The minimum Gasteiger partial charge on any atom is -0.382 e. The van der Waals surface area contributed by atoms with E-state index in [1.165, 1.54) is 17.1 Å². The molecule has 0 amide bonds. The normalized spacial score (nSPS) is 15.9. The molecule has 1 N–H and O–H groups in total. The molecule has 4 aromatic rings. The zero-order chi connectivity index (χ0) is 28.1. The second kappa shape index (κ2) is 12.4. The van der Waals surface area contributed by atoms with E-state index in [1.54, 1.807) is 0 Å². The van der Waals surface area contributed by atoms with E-state index in [4.69, 9.17) is 11.6 Å². The second-order valence-corrected chi connectivity index (χ2v) is 10.8. The Morgan fingerprint density at radius 3 is 2.42 bits per heavy atom. The summed E-state index contributed by atoms with van der Waals surface area (Å²) in [6, 6.07) is 19.5. The van der Waals surface area contributed by atoms with Gasteiger partial charge in [-0.25, -0.2) is 13.5 Å². The molecule has 1 fully saturated rings. The largest absolute Gasteiger partial charge is 0.382 e. The van der Waals surface area contributed by atoms with E-state index in [2.05, 4.69) is 55.7 Å². The molecular formula is C29H32ClF2N7O. The minimum atomic E-state index is -1.69. The number of halogens is 3. The molecule has 210 valence electrons. The molecule has 1 saturated heterocycles. The number of tetrazole rings is 1. The molecule has 0 radical (unpaired) electrons. The molecule has 5 rings (SSSR count). The Balaban J connectivity index is 1.19. The highest BCUT2D eigenvalue weighted by Gasteiger charge is 2.35. The lowest BCUT2D eigenvalue weighted by Crippen LogP contribution is -2.46. The van der Waals surface area contributed by atoms with Crippen LogP contribution in [0.5, 0.6) is 0 Å². The summed E-state index contributed by atoms with van der Waals surface area (Å²) in [5, 5.41) is 23.4. The molecule has 3 aromatic carbocycles. The third kappa shape index (κ3) is 6.82. The number of hydrogen-bond acceptors (Lipinski definition) is 7. The van der Waals surface area contributed by atoms with Crippen LogP contribution in [0.25, 0.3) is 0 Å². The predicted molar refractivity (Wildman–Crippen MR) is 150 cm³/mol. The molecule has 0 aliphatic carbocycles. The number of hydrogen-bond donors (Lipinski definition) is 1. The summed E-state index contributed by atoms with van der Waals surface area (Å²) in [6.07, 6.45) is 1.35. The fraction of sp³-hybridized carbons (Fsp3) is 0.345. The zero-order valence-electron chi connectivity index (χ0n) is 22.3. The summed E-state index contributed by atoms with van der Waals surface area (Å²) >= 11 is 6.34. The third-order valence-electron chi connectivity index (χ3n) is 7.26. The van der Waals surface area contributed by atoms with E-state index in [0.29, 0.717) is 6.54 Å². The van der Waals surface area contributed by atoms with E-state index in [9.17, 15) is 13.9 Å². The van der Waals surface area contributed by atoms with Crippen LogP contribution in [0.4, 0.5) is 14.5 Å². The lowest BCUT2D eigenvalue weighted by Gasteiger charge is -2.36. The van der Waals surface area contributed by atoms with E-state index in [-0.39, 0.29) is 18.7 Å². The van der Waals surface area contributed by atoms with Crippen molar-refractivity contribution >= 4 is 17.3 Å². The number of piperazine rings is 1. The summed E-state index contributed by atoms with van der Waals surface area (Å²) < 4.78 is 29.6. The van der Waals surface area contributed by atoms with Crippen LogP contribution < -0.4 is 4.90 Å². The van der Waals surface area contributed by atoms with Crippen molar-refractivity contribution < 1.29 is 13.9 Å². The molecule has 2 heterocycles. The fourth-order valence-electron chi connectivity index (χ4n) is 5.27. The number of aliphatic hydroxyl groups is 1. The first-order valence-corrected chi connectivity index (χ1v) is 13.5. The van der Waals surface area contributed by atoms with Crippen molar-refractivity contribution in [2.45, 2.75) is 25.2 Å². The number of aromatic nitrogens is 4. The van der Waals surface area contributed by atoms with Crippen LogP contribution >= 0.6 is 11.6 Å². The first kappa shape index (κ1) is 28.1. The van der Waals surface area contributed by atoms with Crippen molar-refractivity contribution in [2.24, 2.45) is 0 Å². The van der Waals surface area contributed by atoms with Crippen molar-refractivity contribution in [3.05, 3.63) is 106 Å². The second-order valence-electron chi connectivity index (χ2n) is 10.4. The highest BCUT2D eigenvalue weighted by Crippen LogP contribution is 2.28. The summed E-state index contributed by atoms with van der Waals surface area (Å²) in [6.45, 7) is 5.12. The first-order valence-electron chi connectivity index (χ1n) is 13.2. The number of anilines is 1. The number of rotatable bonds is 10. The molecule has 40 heavy (non-hydrogen) atoms. The lowest BCUT2D eigenvalue weighted by molar-refractivity contribution is -0.0178. The Labute approximate surface area is 237 Å². The summed E-state index contributed by atoms with van der Waals surface area (Å²) in [5.41, 5.74) is 1.66. The SMILES string of the molecule is CN(Cc1ccc(N2CCN(Cc3ccccc3Cl)CC2)cc1)CC(O)(Cn1cnnn1)c1ccc(F)cc1F. The fourth-order valence-corrected chi connectivity index (χ4v) is 5.46. The van der Waals surface area contributed by atoms with Crippen molar-refractivity contribution in [1.29, 1.82) is 0 Å². The quantitative estimate of drug-likeness (QED) is 0.311. The lowest BCUT2D eigenvalue weighted by atomic mass is 9.92. The third-order valence-corrected chi connectivity index (χ3v) is 7.63. The summed E-state index contributed by atoms with van der Waals surface area (Å²) in [7, 11) is 1.85. The van der Waals surface area contributed by atoms with E-state index in [1.807, 2.05) is 30.1 Å². The maximum atomic E-state index is 14.7. The van der Waals surface area contributed by atoms with Gasteiger partial charge in [0.15, 0.2) is 0 Å². The Morgan fingerprint density at radius 2 is 1.75 bits per heavy atom. The average Bonchev–Trinajstić information content (AvgIpc) is 3.43. The average molecular weight is 568 g/mol. The van der Waals surface area contributed by atoms with Gasteiger partial charge in [0.25, 0.3) is 0 Å². The van der Waals surface area contributed by atoms with Gasteiger partial charge in [0.2, 0.25) is 0 Å². The molecule has 1 aliphatic heterocycles. The molecular weight excluding hydrogens is 536 g/mol. The number of likely N-dealkylation sites (N-methyl/N-ethyl adjacent to an activating group) is 1. The van der Waals surface area contributed by atoms with Crippen molar-refractivity contribution in [3.8, 4) is 0 Å². The van der Waals surface area contributed by atoms with Crippen LogP contribution in [0, 0.1) is 11.6 Å². The van der Waals surface area contributed by atoms with Gasteiger partial charge in [-0.1, -0.05) is 48.0 Å². The monoisotopic (exact) mass is 567 g/mol. The van der Waals surface area contributed by atoms with Crippen LogP contribution in [0.3, 0.4) is 0 Å². The molecule has 8 nitrogen and oxygen atoms in total. The molecule has 1 atom stereocenters. The minimum absolute atomic E-state index is 0.0136. The van der Waals surface area contributed by atoms with Crippen LogP contribution in [0.1, 0.15) is 16.7 Å². The zero-order valence-corrected chi connectivity index (χ0v) is 23.1. The van der Waals surface area contributed by atoms with Gasteiger partial charge in [-0.2, -0.15) is 0 Å². The van der Waals surface area contributed by atoms with Gasteiger partial charge in [0.05, 0.1) is 6.54 Å². The van der Waals surface area contributed by atoms with Gasteiger partial charge in [-0.3, -0.25) is 9.80 Å². The topological polar surface area (TPSA) is 73.6 Å². The summed E-state index contributed by atoms with van der Waals surface area (Å²) in [5.74, 6) is -1.53. The Bertz CT molecular complexity index is 1400. The predicted octanol–water partition coefficient (Wildman–Crippen LogP) is 3.95. The van der Waals surface area contributed by atoms with Gasteiger partial charge < -0.3 is 10.0 Å². The molecule has 1 aliphatic rings. The number of benzene rings is 3. The smallest absolute Gasteiger partial charge is 0.138 e. The molecule has 0 bridgehead atoms. The Hall–Kier alpha value is -3.44. The van der Waals surface area contributed by atoms with Crippen LogP contribution in [0.2, 0.25) is 5.02 Å². The standard InChI is InChI=1S/C29H32ClF2N7O/c1-36(19-29(40,20-39-21-33-34-35-39)26-11-8-24(31)16-28(26)32)17-22-6-9-25(10-7-22)38-14-12-37(13-15-38)18-23-4-2-3-5-27(23)30/h2-11,16,21,40H,12-15,17-20H2,1H3. The van der Waals surface area contributed by atoms with Gasteiger partial charge >= 0.3 is 0 Å². The van der Waals surface area contributed by atoms with E-state index in [0.717, 1.165) is 66.7 Å². The van der Waals surface area contributed by atoms with Gasteiger partial charge in [0, 0.05) is 68.2 Å². The highest BCUT2D eigenvalue weighted by atomic mass is 35.5. The first-order chi connectivity index (χ1) is 19.3. The Morgan fingerprint density at radius 1 is 1.00 bits per heavy atom. The van der Waals surface area contributed by atoms with Crippen molar-refractivity contribution in [3.63, 3.8) is 0 Å². The van der Waals surface area contributed by atoms with Crippen molar-refractivity contribution in [2.75, 3.05) is 44.7 Å². The molecule has 0 saturated carbocycles. The number of nitrogens with zero attached hydrogens (tertiary/aromatic N) is 7. The Kier molecular flexibility index (Phi) is 8.70. The van der Waals surface area contributed by atoms with Crippen LogP contribution in [-0.2, 0) is 25.2 Å². The van der Waals surface area contributed by atoms with Crippen molar-refractivity contribution in [1.82, 2.24) is 30.0 Å². The summed E-state index contributed by atoms with van der Waals surface area (Å²) in [4.78, 5) is 6.69. The molecule has 0 spiro atoms. The maximum Gasteiger partial charge on any atom is 0.138 e. The van der Waals surface area contributed by atoms with Gasteiger partial charge in [-0.05, 0) is 52.9 Å². The molecule has 1 aromatic heterocycles. The van der Waals surface area contributed by atoms with Gasteiger partial charge in [0.1, 0.15) is 23.6 Å². The van der Waals surface area contributed by atoms with Crippen LogP contribution in [0.15, 0.2) is 73.1 Å². The van der Waals surface area contributed by atoms with Gasteiger partial charge in [-0.15, -0.1) is 5.10 Å². The molecule has 11 heteroatoms.